The maximum Gasteiger partial charge on any atom is 0.0615 e. The zero-order valence-corrected chi connectivity index (χ0v) is 20.8. The highest BCUT2D eigenvalue weighted by Gasteiger charge is 2.50. The number of hydrogen-bond acceptors (Lipinski definition) is 1. The minimum atomic E-state index is -0.131. The van der Waals surface area contributed by atoms with E-state index >= 15 is 0 Å². The second-order valence-corrected chi connectivity index (χ2v) is 10.5. The van der Waals surface area contributed by atoms with Gasteiger partial charge in [0.15, 0.2) is 0 Å². The highest BCUT2D eigenvalue weighted by atomic mass is 15.0. The smallest absolute Gasteiger partial charge is 0.0615 e. The highest BCUT2D eigenvalue weighted by Crippen LogP contribution is 2.57. The molecule has 36 heavy (non-hydrogen) atoms. The van der Waals surface area contributed by atoms with Gasteiger partial charge in [-0.1, -0.05) is 104 Å². The number of rotatable bonds is 3. The second kappa shape index (κ2) is 7.99. The van der Waals surface area contributed by atoms with Crippen molar-refractivity contribution in [2.75, 3.05) is 5.32 Å². The predicted octanol–water partition coefficient (Wildman–Crippen LogP) is 8.65. The Balaban J connectivity index is 1.59. The van der Waals surface area contributed by atoms with Crippen molar-refractivity contribution in [1.29, 1.82) is 0 Å². The van der Waals surface area contributed by atoms with Crippen molar-refractivity contribution in [3.8, 4) is 5.69 Å². The Morgan fingerprint density at radius 1 is 0.806 bits per heavy atom. The first kappa shape index (κ1) is 21.3. The van der Waals surface area contributed by atoms with Crippen molar-refractivity contribution in [3.05, 3.63) is 132 Å². The van der Waals surface area contributed by atoms with Gasteiger partial charge in [0.2, 0.25) is 0 Å². The van der Waals surface area contributed by atoms with E-state index in [9.17, 15) is 0 Å². The van der Waals surface area contributed by atoms with Crippen LogP contribution < -0.4 is 5.32 Å². The summed E-state index contributed by atoms with van der Waals surface area (Å²) < 4.78 is 2.50. The van der Waals surface area contributed by atoms with Gasteiger partial charge in [-0.3, -0.25) is 0 Å². The number of nitrogens with one attached hydrogen (secondary N) is 1. The lowest BCUT2D eigenvalue weighted by Gasteiger charge is -2.39. The van der Waals surface area contributed by atoms with Gasteiger partial charge in [-0.05, 0) is 49.1 Å². The van der Waals surface area contributed by atoms with Crippen LogP contribution in [0.5, 0.6) is 0 Å². The van der Waals surface area contributed by atoms with E-state index in [0.717, 1.165) is 6.42 Å². The van der Waals surface area contributed by atoms with E-state index < -0.39 is 0 Å². The fourth-order valence-corrected chi connectivity index (χ4v) is 6.63. The molecule has 1 aromatic heterocycles. The SMILES string of the molecule is Cc1ccc(-n2c3ccccc3c3ccc4c(c32)C(C)(C2C=CC=CC2)C(c2ccccc2)N4)cc1. The van der Waals surface area contributed by atoms with Gasteiger partial charge in [0.25, 0.3) is 0 Å². The van der Waals surface area contributed by atoms with Crippen molar-refractivity contribution >= 4 is 27.5 Å². The van der Waals surface area contributed by atoms with Crippen LogP contribution in [-0.2, 0) is 5.41 Å². The zero-order chi connectivity index (χ0) is 24.3. The number of nitrogens with zero attached hydrogens (tertiary/aromatic N) is 1. The Hall–Kier alpha value is -4.04. The molecule has 3 unspecified atom stereocenters. The number of aromatic nitrogens is 1. The van der Waals surface area contributed by atoms with Crippen molar-refractivity contribution in [2.24, 2.45) is 5.92 Å². The predicted molar refractivity (Wildman–Crippen MR) is 152 cm³/mol. The maximum atomic E-state index is 3.99. The number of anilines is 1. The van der Waals surface area contributed by atoms with E-state index in [4.69, 9.17) is 0 Å². The monoisotopic (exact) mass is 466 g/mol. The van der Waals surface area contributed by atoms with Gasteiger partial charge in [-0.15, -0.1) is 0 Å². The van der Waals surface area contributed by atoms with Crippen LogP contribution in [0.2, 0.25) is 0 Å². The minimum absolute atomic E-state index is 0.131. The van der Waals surface area contributed by atoms with Crippen LogP contribution in [0.4, 0.5) is 5.69 Å². The molecule has 2 nitrogen and oxygen atoms in total. The average Bonchev–Trinajstić information content (AvgIpc) is 3.43. The van der Waals surface area contributed by atoms with Crippen LogP contribution >= 0.6 is 0 Å². The molecular weight excluding hydrogens is 436 g/mol. The third-order valence-corrected chi connectivity index (χ3v) is 8.45. The Morgan fingerprint density at radius 2 is 1.58 bits per heavy atom. The number of aryl methyl sites for hydroxylation is 1. The summed E-state index contributed by atoms with van der Waals surface area (Å²) in [6.45, 7) is 4.63. The molecule has 1 aliphatic carbocycles. The summed E-state index contributed by atoms with van der Waals surface area (Å²) >= 11 is 0. The average molecular weight is 467 g/mol. The summed E-state index contributed by atoms with van der Waals surface area (Å²) in [4.78, 5) is 0. The van der Waals surface area contributed by atoms with Crippen LogP contribution in [0.25, 0.3) is 27.5 Å². The molecule has 3 atom stereocenters. The van der Waals surface area contributed by atoms with Crippen LogP contribution in [0, 0.1) is 12.8 Å². The Labute approximate surface area is 212 Å². The van der Waals surface area contributed by atoms with Gasteiger partial charge < -0.3 is 9.88 Å². The molecule has 2 aliphatic rings. The normalized spacial score (nSPS) is 22.7. The lowest BCUT2D eigenvalue weighted by atomic mass is 9.64. The molecule has 0 fully saturated rings. The summed E-state index contributed by atoms with van der Waals surface area (Å²) in [6, 6.07) is 33.6. The van der Waals surface area contributed by atoms with E-state index in [1.54, 1.807) is 0 Å². The summed E-state index contributed by atoms with van der Waals surface area (Å²) in [5.74, 6) is 0.386. The van der Waals surface area contributed by atoms with Crippen molar-refractivity contribution in [3.63, 3.8) is 0 Å². The Bertz CT molecular complexity index is 1650. The van der Waals surface area contributed by atoms with Gasteiger partial charge in [0, 0.05) is 33.1 Å². The molecule has 1 N–H and O–H groups in total. The molecule has 0 bridgehead atoms. The fraction of sp³-hybridized carbons (Fsp3) is 0.176. The van der Waals surface area contributed by atoms with E-state index in [1.165, 1.54) is 49.9 Å². The summed E-state index contributed by atoms with van der Waals surface area (Å²) in [5.41, 5.74) is 8.96. The Kier molecular flexibility index (Phi) is 4.72. The molecule has 176 valence electrons. The zero-order valence-electron chi connectivity index (χ0n) is 20.8. The topological polar surface area (TPSA) is 17.0 Å². The number of para-hydroxylation sites is 1. The molecule has 0 amide bonds. The molecule has 2 heteroatoms. The number of allylic oxidation sites excluding steroid dienone is 4. The van der Waals surface area contributed by atoms with E-state index in [0.29, 0.717) is 5.92 Å². The lowest BCUT2D eigenvalue weighted by Crippen LogP contribution is -2.37. The number of fused-ring (bicyclic) bond motifs is 5. The molecule has 4 aromatic carbocycles. The third kappa shape index (κ3) is 2.97. The minimum Gasteiger partial charge on any atom is -0.377 e. The lowest BCUT2D eigenvalue weighted by molar-refractivity contribution is 0.320. The van der Waals surface area contributed by atoms with Crippen LogP contribution in [0.3, 0.4) is 0 Å². The van der Waals surface area contributed by atoms with Gasteiger partial charge in [0.05, 0.1) is 17.1 Å². The molecule has 5 aromatic rings. The van der Waals surface area contributed by atoms with Gasteiger partial charge in [-0.2, -0.15) is 0 Å². The summed E-state index contributed by atoms with van der Waals surface area (Å²) in [7, 11) is 0. The first-order valence-corrected chi connectivity index (χ1v) is 12.9. The molecule has 0 saturated heterocycles. The Morgan fingerprint density at radius 3 is 2.36 bits per heavy atom. The van der Waals surface area contributed by atoms with Gasteiger partial charge >= 0.3 is 0 Å². The number of hydrogen-bond donors (Lipinski definition) is 1. The molecule has 0 radical (unpaired) electrons. The van der Waals surface area contributed by atoms with Gasteiger partial charge in [0.1, 0.15) is 0 Å². The first-order valence-electron chi connectivity index (χ1n) is 12.9. The largest absolute Gasteiger partial charge is 0.377 e. The number of benzene rings is 4. The van der Waals surface area contributed by atoms with E-state index in [2.05, 4.69) is 139 Å². The maximum absolute atomic E-state index is 3.99. The second-order valence-electron chi connectivity index (χ2n) is 10.5. The van der Waals surface area contributed by atoms with Gasteiger partial charge in [-0.25, -0.2) is 0 Å². The molecule has 7 rings (SSSR count). The molecular formula is C34H30N2. The van der Waals surface area contributed by atoms with Crippen LogP contribution in [0.1, 0.15) is 36.1 Å². The van der Waals surface area contributed by atoms with Crippen LogP contribution in [0.15, 0.2) is 115 Å². The van der Waals surface area contributed by atoms with Crippen molar-refractivity contribution in [1.82, 2.24) is 4.57 Å². The molecule has 1 aliphatic heterocycles. The summed E-state index contributed by atoms with van der Waals surface area (Å²) in [5, 5.41) is 6.62. The quantitative estimate of drug-likeness (QED) is 0.281. The van der Waals surface area contributed by atoms with Crippen LogP contribution in [-0.4, -0.2) is 4.57 Å². The molecule has 0 spiro atoms. The molecule has 0 saturated carbocycles. The summed E-state index contributed by atoms with van der Waals surface area (Å²) in [6.07, 6.45) is 10.2. The van der Waals surface area contributed by atoms with Crippen molar-refractivity contribution in [2.45, 2.75) is 31.7 Å². The van der Waals surface area contributed by atoms with Crippen molar-refractivity contribution < 1.29 is 0 Å². The standard InChI is InChI=1S/C34H30N2/c1-23-17-19-26(20-18-23)36-30-16-10-9-15-27(30)28-21-22-29-31(32(28)36)34(2,25-13-7-4-8-14-25)33(35-29)24-11-5-3-6-12-24/h3-13,15-22,25,33,35H,14H2,1-2H3. The first-order chi connectivity index (χ1) is 17.7. The fourth-order valence-electron chi connectivity index (χ4n) is 6.63. The molecule has 2 heterocycles. The van der Waals surface area contributed by atoms with E-state index in [1.807, 2.05) is 0 Å². The third-order valence-electron chi connectivity index (χ3n) is 8.45. The van der Waals surface area contributed by atoms with E-state index in [-0.39, 0.29) is 11.5 Å². The highest BCUT2D eigenvalue weighted by molar-refractivity contribution is 6.12.